The third-order valence-electron chi connectivity index (χ3n) is 1.44. The summed E-state index contributed by atoms with van der Waals surface area (Å²) in [6, 6.07) is 3.09. The summed E-state index contributed by atoms with van der Waals surface area (Å²) in [7, 11) is 0. The molecule has 0 bridgehead atoms. The van der Waals surface area contributed by atoms with Crippen LogP contribution in [0.15, 0.2) is 18.2 Å². The van der Waals surface area contributed by atoms with Crippen molar-refractivity contribution in [1.82, 2.24) is 0 Å². The molecule has 0 fully saturated rings. The van der Waals surface area contributed by atoms with Gasteiger partial charge in [-0.25, -0.2) is 13.6 Å². The molecule has 0 saturated carbocycles. The van der Waals surface area contributed by atoms with Gasteiger partial charge in [0.2, 0.25) is 0 Å². The number of rotatable bonds is 2. The highest BCUT2D eigenvalue weighted by atomic mass is 19.1. The Morgan fingerprint density at radius 1 is 1.50 bits per heavy atom. The predicted molar refractivity (Wildman–Crippen MR) is 38.2 cm³/mol. The first-order valence-electron chi connectivity index (χ1n) is 3.23. The van der Waals surface area contributed by atoms with E-state index in [4.69, 9.17) is 5.11 Å². The van der Waals surface area contributed by atoms with Gasteiger partial charge in [0, 0.05) is 5.56 Å². The molecule has 0 saturated heterocycles. The minimum atomic E-state index is -1.22. The molecule has 1 rings (SSSR count). The van der Waals surface area contributed by atoms with E-state index in [-0.39, 0.29) is 11.1 Å². The lowest BCUT2D eigenvalue weighted by molar-refractivity contribution is 0.0696. The second-order valence-electron chi connectivity index (χ2n) is 2.24. The van der Waals surface area contributed by atoms with Crippen LogP contribution in [0.4, 0.5) is 8.78 Å². The molecule has 0 radical (unpaired) electrons. The van der Waals surface area contributed by atoms with E-state index < -0.39 is 18.5 Å². The Morgan fingerprint density at radius 3 is 2.58 bits per heavy atom. The number of hydrogen-bond acceptors (Lipinski definition) is 1. The van der Waals surface area contributed by atoms with E-state index in [1.54, 1.807) is 0 Å². The van der Waals surface area contributed by atoms with Crippen molar-refractivity contribution in [3.63, 3.8) is 0 Å². The summed E-state index contributed by atoms with van der Waals surface area (Å²) >= 11 is 0. The van der Waals surface area contributed by atoms with Crippen molar-refractivity contribution in [3.05, 3.63) is 35.1 Å². The van der Waals surface area contributed by atoms with Crippen molar-refractivity contribution in [2.45, 2.75) is 6.67 Å². The SMILES string of the molecule is O=C(O)c1ccc(CF)c(F)c1. The van der Waals surface area contributed by atoms with Crippen molar-refractivity contribution in [2.24, 2.45) is 0 Å². The number of hydrogen-bond donors (Lipinski definition) is 1. The number of carboxylic acids is 1. The summed E-state index contributed by atoms with van der Waals surface area (Å²) in [5, 5.41) is 8.41. The maximum atomic E-state index is 12.7. The van der Waals surface area contributed by atoms with Crippen LogP contribution in [0, 0.1) is 5.82 Å². The first kappa shape index (κ1) is 8.64. The molecule has 0 spiro atoms. The second-order valence-corrected chi connectivity index (χ2v) is 2.24. The Morgan fingerprint density at radius 2 is 2.17 bits per heavy atom. The van der Waals surface area contributed by atoms with Crippen LogP contribution in [-0.4, -0.2) is 11.1 Å². The maximum absolute atomic E-state index is 12.7. The van der Waals surface area contributed by atoms with Crippen LogP contribution in [-0.2, 0) is 6.67 Å². The van der Waals surface area contributed by atoms with Crippen LogP contribution in [0.2, 0.25) is 0 Å². The molecule has 12 heavy (non-hydrogen) atoms. The molecule has 1 N–H and O–H groups in total. The van der Waals surface area contributed by atoms with Crippen molar-refractivity contribution >= 4 is 5.97 Å². The molecular formula is C8H6F2O2. The lowest BCUT2D eigenvalue weighted by atomic mass is 10.1. The molecule has 0 aliphatic heterocycles. The van der Waals surface area contributed by atoms with Gasteiger partial charge >= 0.3 is 5.97 Å². The highest BCUT2D eigenvalue weighted by Gasteiger charge is 2.07. The number of carbonyl (C=O) groups is 1. The molecule has 4 heteroatoms. The highest BCUT2D eigenvalue weighted by molar-refractivity contribution is 5.87. The largest absolute Gasteiger partial charge is 0.478 e. The Kier molecular flexibility index (Phi) is 2.38. The monoisotopic (exact) mass is 172 g/mol. The number of halogens is 2. The molecule has 1 aromatic carbocycles. The Bertz CT molecular complexity index is 310. The molecule has 0 aromatic heterocycles. The summed E-state index contributed by atoms with van der Waals surface area (Å²) in [4.78, 5) is 10.3. The third-order valence-corrected chi connectivity index (χ3v) is 1.44. The van der Waals surface area contributed by atoms with Crippen LogP contribution in [0.1, 0.15) is 15.9 Å². The highest BCUT2D eigenvalue weighted by Crippen LogP contribution is 2.11. The quantitative estimate of drug-likeness (QED) is 0.740. The normalized spacial score (nSPS) is 9.83. The number of carboxylic acid groups (broad SMARTS) is 1. The van der Waals surface area contributed by atoms with E-state index in [9.17, 15) is 13.6 Å². The van der Waals surface area contributed by atoms with Gasteiger partial charge in [-0.05, 0) is 12.1 Å². The summed E-state index contributed by atoms with van der Waals surface area (Å²) < 4.78 is 24.6. The molecular weight excluding hydrogens is 166 g/mol. The Balaban J connectivity index is 3.10. The summed E-state index contributed by atoms with van der Waals surface area (Å²) in [6.45, 7) is -0.925. The molecule has 1 aromatic rings. The average Bonchev–Trinajstić information content (AvgIpc) is 2.04. The van der Waals surface area contributed by atoms with E-state index >= 15 is 0 Å². The van der Waals surface area contributed by atoms with Crippen LogP contribution < -0.4 is 0 Å². The van der Waals surface area contributed by atoms with E-state index in [0.717, 1.165) is 12.1 Å². The molecule has 64 valence electrons. The molecule has 0 atom stereocenters. The van der Waals surface area contributed by atoms with Gasteiger partial charge in [0.1, 0.15) is 12.5 Å². The molecule has 0 aliphatic rings. The van der Waals surface area contributed by atoms with Gasteiger partial charge in [-0.15, -0.1) is 0 Å². The molecule has 2 nitrogen and oxygen atoms in total. The topological polar surface area (TPSA) is 37.3 Å². The summed E-state index contributed by atoms with van der Waals surface area (Å²) in [5.41, 5.74) is -0.301. The zero-order valence-corrected chi connectivity index (χ0v) is 6.05. The molecule has 0 unspecified atom stereocenters. The van der Waals surface area contributed by atoms with Crippen LogP contribution in [0.25, 0.3) is 0 Å². The lowest BCUT2D eigenvalue weighted by Gasteiger charge is -1.98. The van der Waals surface area contributed by atoms with Crippen LogP contribution >= 0.6 is 0 Å². The Labute approximate surface area is 67.4 Å². The minimum absolute atomic E-state index is 0.125. The van der Waals surface area contributed by atoms with Gasteiger partial charge in [-0.2, -0.15) is 0 Å². The third kappa shape index (κ3) is 1.58. The zero-order valence-electron chi connectivity index (χ0n) is 6.05. The lowest BCUT2D eigenvalue weighted by Crippen LogP contribution is -1.98. The van der Waals surface area contributed by atoms with Gasteiger partial charge in [0.05, 0.1) is 5.56 Å². The number of aromatic carboxylic acids is 1. The average molecular weight is 172 g/mol. The van der Waals surface area contributed by atoms with Crippen LogP contribution in [0.3, 0.4) is 0 Å². The van der Waals surface area contributed by atoms with E-state index in [0.29, 0.717) is 0 Å². The zero-order chi connectivity index (χ0) is 9.14. The van der Waals surface area contributed by atoms with E-state index in [1.807, 2.05) is 0 Å². The van der Waals surface area contributed by atoms with Gasteiger partial charge in [0.25, 0.3) is 0 Å². The standard InChI is InChI=1S/C8H6F2O2/c9-4-6-2-1-5(8(11)12)3-7(6)10/h1-3H,4H2,(H,11,12). The predicted octanol–water partition coefficient (Wildman–Crippen LogP) is 1.99. The molecule has 0 heterocycles. The number of alkyl halides is 1. The van der Waals surface area contributed by atoms with Crippen molar-refractivity contribution < 1.29 is 18.7 Å². The first-order chi connectivity index (χ1) is 5.65. The molecule has 0 aliphatic carbocycles. The fraction of sp³-hybridized carbons (Fsp3) is 0.125. The molecule has 0 amide bonds. The fourth-order valence-corrected chi connectivity index (χ4v) is 0.789. The summed E-state index contributed by atoms with van der Waals surface area (Å²) in [6.07, 6.45) is 0. The van der Waals surface area contributed by atoms with E-state index in [1.165, 1.54) is 6.07 Å². The number of benzene rings is 1. The van der Waals surface area contributed by atoms with Crippen molar-refractivity contribution in [1.29, 1.82) is 0 Å². The smallest absolute Gasteiger partial charge is 0.335 e. The van der Waals surface area contributed by atoms with Gasteiger partial charge in [0.15, 0.2) is 0 Å². The maximum Gasteiger partial charge on any atom is 0.335 e. The van der Waals surface area contributed by atoms with Crippen molar-refractivity contribution in [3.8, 4) is 0 Å². The second kappa shape index (κ2) is 3.30. The fourth-order valence-electron chi connectivity index (χ4n) is 0.789. The minimum Gasteiger partial charge on any atom is -0.478 e. The van der Waals surface area contributed by atoms with Gasteiger partial charge < -0.3 is 5.11 Å². The summed E-state index contributed by atoms with van der Waals surface area (Å²) in [5.74, 6) is -2.04. The van der Waals surface area contributed by atoms with Crippen LogP contribution in [0.5, 0.6) is 0 Å². The van der Waals surface area contributed by atoms with Gasteiger partial charge in [-0.1, -0.05) is 6.07 Å². The van der Waals surface area contributed by atoms with Gasteiger partial charge in [-0.3, -0.25) is 0 Å². The Hall–Kier alpha value is -1.45. The first-order valence-corrected chi connectivity index (χ1v) is 3.23. The van der Waals surface area contributed by atoms with Crippen molar-refractivity contribution in [2.75, 3.05) is 0 Å². The van der Waals surface area contributed by atoms with E-state index in [2.05, 4.69) is 0 Å².